The van der Waals surface area contributed by atoms with E-state index in [1.54, 1.807) is 0 Å². The van der Waals surface area contributed by atoms with Crippen LogP contribution < -0.4 is 5.73 Å². The van der Waals surface area contributed by atoms with Crippen molar-refractivity contribution in [2.24, 2.45) is 11.7 Å². The molecule has 0 aliphatic carbocycles. The smallest absolute Gasteiger partial charge is 0.264 e. The summed E-state index contributed by atoms with van der Waals surface area (Å²) in [7, 11) is 0. The molecule has 1 fully saturated rings. The van der Waals surface area contributed by atoms with Crippen molar-refractivity contribution < 1.29 is 13.5 Å². The molecule has 1 saturated heterocycles. The predicted octanol–water partition coefficient (Wildman–Crippen LogP) is 0.615. The van der Waals surface area contributed by atoms with Crippen LogP contribution >= 0.6 is 0 Å². The van der Waals surface area contributed by atoms with Crippen molar-refractivity contribution in [2.45, 2.75) is 19.0 Å². The number of hydrogen-bond donors (Lipinski definition) is 1. The van der Waals surface area contributed by atoms with Gasteiger partial charge in [0, 0.05) is 12.5 Å². The van der Waals surface area contributed by atoms with E-state index in [-0.39, 0.29) is 5.92 Å². The fourth-order valence-electron chi connectivity index (χ4n) is 1.19. The maximum atomic E-state index is 12.0. The molecule has 60 valence electrons. The van der Waals surface area contributed by atoms with Crippen LogP contribution in [0.25, 0.3) is 0 Å². The number of hydrogen-bond acceptors (Lipinski definition) is 2. The average molecular weight is 151 g/mol. The highest BCUT2D eigenvalue weighted by Crippen LogP contribution is 2.24. The van der Waals surface area contributed by atoms with E-state index < -0.39 is 12.5 Å². The lowest BCUT2D eigenvalue weighted by atomic mass is 10.0. The van der Waals surface area contributed by atoms with Crippen molar-refractivity contribution in [1.82, 2.24) is 0 Å². The Balaban J connectivity index is 2.42. The third kappa shape index (κ3) is 1.44. The maximum absolute atomic E-state index is 12.0. The van der Waals surface area contributed by atoms with Crippen molar-refractivity contribution in [1.29, 1.82) is 0 Å². The normalized spacial score (nSPS) is 33.6. The maximum Gasteiger partial charge on any atom is 0.264 e. The van der Waals surface area contributed by atoms with Crippen LogP contribution in [0.15, 0.2) is 0 Å². The molecule has 1 aliphatic heterocycles. The van der Waals surface area contributed by atoms with E-state index in [1.807, 2.05) is 0 Å². The van der Waals surface area contributed by atoms with Gasteiger partial charge < -0.3 is 10.5 Å². The molecule has 2 unspecified atom stereocenters. The van der Waals surface area contributed by atoms with E-state index in [2.05, 4.69) is 0 Å². The second kappa shape index (κ2) is 3.25. The van der Waals surface area contributed by atoms with Crippen LogP contribution in [0, 0.1) is 5.92 Å². The van der Waals surface area contributed by atoms with Crippen LogP contribution in [-0.2, 0) is 4.74 Å². The van der Waals surface area contributed by atoms with E-state index in [9.17, 15) is 8.78 Å². The van der Waals surface area contributed by atoms with Crippen LogP contribution in [0.4, 0.5) is 8.78 Å². The first-order valence-electron chi connectivity index (χ1n) is 3.35. The molecule has 0 spiro atoms. The molecular formula is C6H11F2NO. The molecule has 1 heterocycles. The van der Waals surface area contributed by atoms with Gasteiger partial charge in [0.25, 0.3) is 6.43 Å². The SMILES string of the molecule is NCC1CCOC1C(F)F. The first-order chi connectivity index (χ1) is 4.75. The second-order valence-electron chi connectivity index (χ2n) is 2.45. The standard InChI is InChI=1S/C6H11F2NO/c7-6(8)5-4(3-9)1-2-10-5/h4-6H,1-3,9H2. The zero-order chi connectivity index (χ0) is 7.56. The minimum Gasteiger partial charge on any atom is -0.372 e. The van der Waals surface area contributed by atoms with Gasteiger partial charge in [-0.25, -0.2) is 8.78 Å². The van der Waals surface area contributed by atoms with Gasteiger partial charge in [0.05, 0.1) is 0 Å². The molecule has 0 amide bonds. The van der Waals surface area contributed by atoms with Crippen LogP contribution in [-0.4, -0.2) is 25.7 Å². The van der Waals surface area contributed by atoms with E-state index in [4.69, 9.17) is 10.5 Å². The van der Waals surface area contributed by atoms with Crippen LogP contribution in [0.5, 0.6) is 0 Å². The summed E-state index contributed by atoms with van der Waals surface area (Å²) in [6.45, 7) is 0.728. The van der Waals surface area contributed by atoms with E-state index in [0.717, 1.165) is 0 Å². The van der Waals surface area contributed by atoms with Crippen LogP contribution in [0.3, 0.4) is 0 Å². The third-order valence-electron chi connectivity index (χ3n) is 1.81. The summed E-state index contributed by atoms with van der Waals surface area (Å²) < 4.78 is 28.8. The first-order valence-corrected chi connectivity index (χ1v) is 3.35. The lowest BCUT2D eigenvalue weighted by Crippen LogP contribution is -2.29. The Bertz CT molecular complexity index is 110. The van der Waals surface area contributed by atoms with Gasteiger partial charge in [-0.1, -0.05) is 0 Å². The Kier molecular flexibility index (Phi) is 2.56. The summed E-state index contributed by atoms with van der Waals surface area (Å²) in [5, 5.41) is 0. The number of alkyl halides is 2. The van der Waals surface area contributed by atoms with Crippen molar-refractivity contribution in [3.63, 3.8) is 0 Å². The molecule has 0 aromatic rings. The van der Waals surface area contributed by atoms with Crippen LogP contribution in [0.2, 0.25) is 0 Å². The zero-order valence-electron chi connectivity index (χ0n) is 5.59. The minimum absolute atomic E-state index is 0.139. The fourth-order valence-corrected chi connectivity index (χ4v) is 1.19. The summed E-state index contributed by atoms with van der Waals surface area (Å²) in [4.78, 5) is 0. The van der Waals surface area contributed by atoms with Crippen LogP contribution in [0.1, 0.15) is 6.42 Å². The predicted molar refractivity (Wildman–Crippen MR) is 32.9 cm³/mol. The lowest BCUT2D eigenvalue weighted by molar-refractivity contribution is -0.0379. The summed E-state index contributed by atoms with van der Waals surface area (Å²) in [5.74, 6) is -0.139. The number of ether oxygens (including phenoxy) is 1. The molecule has 1 aliphatic rings. The highest BCUT2D eigenvalue weighted by atomic mass is 19.3. The molecule has 0 saturated carbocycles. The summed E-state index contributed by atoms with van der Waals surface area (Å²) >= 11 is 0. The van der Waals surface area contributed by atoms with Gasteiger partial charge in [-0.2, -0.15) is 0 Å². The number of rotatable bonds is 2. The topological polar surface area (TPSA) is 35.2 Å². The highest BCUT2D eigenvalue weighted by Gasteiger charge is 2.34. The molecule has 2 atom stereocenters. The first kappa shape index (κ1) is 7.88. The number of nitrogens with two attached hydrogens (primary N) is 1. The van der Waals surface area contributed by atoms with Gasteiger partial charge in [0.15, 0.2) is 0 Å². The summed E-state index contributed by atoms with van der Waals surface area (Å²) in [6.07, 6.45) is -2.62. The summed E-state index contributed by atoms with van der Waals surface area (Å²) in [6, 6.07) is 0. The fraction of sp³-hybridized carbons (Fsp3) is 1.00. The largest absolute Gasteiger partial charge is 0.372 e. The third-order valence-corrected chi connectivity index (χ3v) is 1.81. The Morgan fingerprint density at radius 1 is 1.60 bits per heavy atom. The quantitative estimate of drug-likeness (QED) is 0.627. The van der Waals surface area contributed by atoms with Gasteiger partial charge in [0.2, 0.25) is 0 Å². The lowest BCUT2D eigenvalue weighted by Gasteiger charge is -2.14. The Morgan fingerprint density at radius 3 is 2.70 bits per heavy atom. The summed E-state index contributed by atoms with van der Waals surface area (Å²) in [5.41, 5.74) is 5.25. The molecule has 4 heteroatoms. The van der Waals surface area contributed by atoms with E-state index >= 15 is 0 Å². The molecule has 10 heavy (non-hydrogen) atoms. The molecule has 2 nitrogen and oxygen atoms in total. The Morgan fingerprint density at radius 2 is 2.30 bits per heavy atom. The molecule has 1 rings (SSSR count). The van der Waals surface area contributed by atoms with Gasteiger partial charge in [-0.3, -0.25) is 0 Å². The van der Waals surface area contributed by atoms with Gasteiger partial charge in [-0.15, -0.1) is 0 Å². The van der Waals surface area contributed by atoms with Crippen molar-refractivity contribution in [2.75, 3.05) is 13.2 Å². The van der Waals surface area contributed by atoms with Gasteiger partial charge in [-0.05, 0) is 13.0 Å². The van der Waals surface area contributed by atoms with E-state index in [0.29, 0.717) is 19.6 Å². The minimum atomic E-state index is -2.38. The Hall–Kier alpha value is -0.220. The second-order valence-corrected chi connectivity index (χ2v) is 2.45. The zero-order valence-corrected chi connectivity index (χ0v) is 5.59. The van der Waals surface area contributed by atoms with Crippen molar-refractivity contribution in [3.8, 4) is 0 Å². The molecule has 0 aromatic heterocycles. The van der Waals surface area contributed by atoms with E-state index in [1.165, 1.54) is 0 Å². The monoisotopic (exact) mass is 151 g/mol. The molecule has 0 bridgehead atoms. The van der Waals surface area contributed by atoms with Crippen molar-refractivity contribution in [3.05, 3.63) is 0 Å². The molecular weight excluding hydrogens is 140 g/mol. The van der Waals surface area contributed by atoms with Gasteiger partial charge >= 0.3 is 0 Å². The molecule has 0 radical (unpaired) electrons. The Labute approximate surface area is 58.3 Å². The van der Waals surface area contributed by atoms with Crippen molar-refractivity contribution >= 4 is 0 Å². The highest BCUT2D eigenvalue weighted by molar-refractivity contribution is 4.78. The average Bonchev–Trinajstić information content (AvgIpc) is 2.33. The van der Waals surface area contributed by atoms with Gasteiger partial charge in [0.1, 0.15) is 6.10 Å². The molecule has 2 N–H and O–H groups in total. The molecule has 0 aromatic carbocycles. The number of halogens is 2.